The van der Waals surface area contributed by atoms with Crippen molar-refractivity contribution in [3.8, 4) is 0 Å². The number of aliphatic hydroxyl groups is 1. The van der Waals surface area contributed by atoms with Crippen molar-refractivity contribution in [3.63, 3.8) is 0 Å². The van der Waals surface area contributed by atoms with E-state index < -0.39 is 0 Å². The second-order valence-electron chi connectivity index (χ2n) is 5.14. The Morgan fingerprint density at radius 1 is 1.38 bits per heavy atom. The molecule has 1 unspecified atom stereocenters. The number of nitrogens with one attached hydrogen (secondary N) is 1. The van der Waals surface area contributed by atoms with Crippen LogP contribution in [0.2, 0.25) is 0 Å². The molecule has 0 amide bonds. The molecule has 0 saturated heterocycles. The molecule has 2 nitrogen and oxygen atoms in total. The Kier molecular flexibility index (Phi) is 4.96. The van der Waals surface area contributed by atoms with Gasteiger partial charge in [-0.15, -0.1) is 0 Å². The maximum Gasteiger partial charge on any atom is 0.0712 e. The number of benzene rings is 1. The van der Waals surface area contributed by atoms with Crippen LogP contribution in [-0.4, -0.2) is 17.8 Å². The van der Waals surface area contributed by atoms with Crippen LogP contribution in [0.5, 0.6) is 0 Å². The summed E-state index contributed by atoms with van der Waals surface area (Å²) in [6.45, 7) is 7.53. The van der Waals surface area contributed by atoms with Crippen LogP contribution in [0, 0.1) is 5.41 Å². The topological polar surface area (TPSA) is 32.3 Å². The van der Waals surface area contributed by atoms with Gasteiger partial charge in [0.15, 0.2) is 0 Å². The van der Waals surface area contributed by atoms with Crippen LogP contribution in [0.3, 0.4) is 0 Å². The minimum atomic E-state index is -0.320. The van der Waals surface area contributed by atoms with Gasteiger partial charge in [0, 0.05) is 17.6 Å². The van der Waals surface area contributed by atoms with Crippen molar-refractivity contribution >= 4 is 15.9 Å². The molecule has 0 fully saturated rings. The lowest BCUT2D eigenvalue weighted by Gasteiger charge is -2.26. The van der Waals surface area contributed by atoms with E-state index >= 15 is 0 Å². The SMILES string of the molecule is CC(C)(C)C(O)CNCc1cccc(Br)c1. The highest BCUT2D eigenvalue weighted by Crippen LogP contribution is 2.18. The van der Waals surface area contributed by atoms with Crippen molar-refractivity contribution in [1.29, 1.82) is 0 Å². The van der Waals surface area contributed by atoms with Crippen LogP contribution in [0.1, 0.15) is 26.3 Å². The van der Waals surface area contributed by atoms with Crippen LogP contribution in [0.4, 0.5) is 0 Å². The van der Waals surface area contributed by atoms with Crippen molar-refractivity contribution < 1.29 is 5.11 Å². The van der Waals surface area contributed by atoms with E-state index in [1.54, 1.807) is 0 Å². The Hall–Kier alpha value is -0.380. The molecule has 0 aliphatic carbocycles. The number of halogens is 1. The summed E-state index contributed by atoms with van der Waals surface area (Å²) in [6.07, 6.45) is -0.320. The average Bonchev–Trinajstić information content (AvgIpc) is 2.16. The van der Waals surface area contributed by atoms with Crippen LogP contribution in [-0.2, 0) is 6.54 Å². The van der Waals surface area contributed by atoms with Gasteiger partial charge in [-0.2, -0.15) is 0 Å². The molecule has 0 aromatic heterocycles. The van der Waals surface area contributed by atoms with Crippen LogP contribution in [0.25, 0.3) is 0 Å². The summed E-state index contributed by atoms with van der Waals surface area (Å²) >= 11 is 3.44. The van der Waals surface area contributed by atoms with E-state index in [1.165, 1.54) is 5.56 Å². The predicted molar refractivity (Wildman–Crippen MR) is 71.3 cm³/mol. The van der Waals surface area contributed by atoms with E-state index in [0.29, 0.717) is 6.54 Å². The molecule has 0 saturated carbocycles. The summed E-state index contributed by atoms with van der Waals surface area (Å²) in [6, 6.07) is 8.17. The van der Waals surface area contributed by atoms with Gasteiger partial charge < -0.3 is 10.4 Å². The summed E-state index contributed by atoms with van der Waals surface area (Å²) in [5.41, 5.74) is 1.15. The van der Waals surface area contributed by atoms with E-state index in [1.807, 2.05) is 32.9 Å². The third-order valence-corrected chi connectivity index (χ3v) is 3.05. The monoisotopic (exact) mass is 285 g/mol. The molecule has 1 rings (SSSR count). The highest BCUT2D eigenvalue weighted by Gasteiger charge is 2.21. The average molecular weight is 286 g/mol. The molecule has 1 aromatic carbocycles. The van der Waals surface area contributed by atoms with Gasteiger partial charge in [-0.1, -0.05) is 48.8 Å². The van der Waals surface area contributed by atoms with Crippen molar-refractivity contribution in [2.75, 3.05) is 6.54 Å². The molecule has 0 heterocycles. The first-order valence-corrected chi connectivity index (χ1v) is 6.32. The van der Waals surface area contributed by atoms with Crippen molar-refractivity contribution in [3.05, 3.63) is 34.3 Å². The van der Waals surface area contributed by atoms with E-state index in [-0.39, 0.29) is 11.5 Å². The Morgan fingerprint density at radius 2 is 2.06 bits per heavy atom. The van der Waals surface area contributed by atoms with Gasteiger partial charge in [0.1, 0.15) is 0 Å². The van der Waals surface area contributed by atoms with Crippen LogP contribution < -0.4 is 5.32 Å². The standard InChI is InChI=1S/C13H20BrNO/c1-13(2,3)12(16)9-15-8-10-5-4-6-11(14)7-10/h4-7,12,15-16H,8-9H2,1-3H3. The lowest BCUT2D eigenvalue weighted by molar-refractivity contribution is 0.0627. The molecule has 0 bridgehead atoms. The maximum atomic E-state index is 9.85. The molecule has 3 heteroatoms. The van der Waals surface area contributed by atoms with Crippen molar-refractivity contribution in [1.82, 2.24) is 5.32 Å². The summed E-state index contributed by atoms with van der Waals surface area (Å²) in [5.74, 6) is 0. The van der Waals surface area contributed by atoms with Gasteiger partial charge in [0.25, 0.3) is 0 Å². The molecule has 0 spiro atoms. The van der Waals surface area contributed by atoms with Gasteiger partial charge in [0.2, 0.25) is 0 Å². The molecular weight excluding hydrogens is 266 g/mol. The molecule has 16 heavy (non-hydrogen) atoms. The maximum absolute atomic E-state index is 9.85. The van der Waals surface area contributed by atoms with Crippen molar-refractivity contribution in [2.24, 2.45) is 5.41 Å². The highest BCUT2D eigenvalue weighted by molar-refractivity contribution is 9.10. The molecule has 0 radical (unpaired) electrons. The molecule has 1 aromatic rings. The van der Waals surface area contributed by atoms with Gasteiger partial charge in [-0.05, 0) is 23.1 Å². The molecule has 0 aliphatic heterocycles. The fraction of sp³-hybridized carbons (Fsp3) is 0.538. The zero-order valence-electron chi connectivity index (χ0n) is 10.1. The molecule has 1 atom stereocenters. The van der Waals surface area contributed by atoms with Crippen LogP contribution in [0.15, 0.2) is 28.7 Å². The molecular formula is C13H20BrNO. The molecule has 90 valence electrons. The number of rotatable bonds is 4. The third kappa shape index (κ3) is 4.64. The predicted octanol–water partition coefficient (Wildman–Crippen LogP) is 2.95. The normalized spacial score (nSPS) is 13.8. The lowest BCUT2D eigenvalue weighted by atomic mass is 9.89. The second-order valence-corrected chi connectivity index (χ2v) is 6.06. The first-order chi connectivity index (χ1) is 7.39. The number of hydrogen-bond acceptors (Lipinski definition) is 2. The summed E-state index contributed by atoms with van der Waals surface area (Å²) in [4.78, 5) is 0. The number of aliphatic hydroxyl groups excluding tert-OH is 1. The van der Waals surface area contributed by atoms with E-state index in [4.69, 9.17) is 0 Å². The van der Waals surface area contributed by atoms with Gasteiger partial charge in [0.05, 0.1) is 6.10 Å². The zero-order chi connectivity index (χ0) is 12.2. The van der Waals surface area contributed by atoms with Gasteiger partial charge in [-0.25, -0.2) is 0 Å². The van der Waals surface area contributed by atoms with Gasteiger partial charge >= 0.3 is 0 Å². The minimum Gasteiger partial charge on any atom is -0.391 e. The Morgan fingerprint density at radius 3 is 2.62 bits per heavy atom. The lowest BCUT2D eigenvalue weighted by Crippen LogP contribution is -2.36. The highest BCUT2D eigenvalue weighted by atomic mass is 79.9. The summed E-state index contributed by atoms with van der Waals surface area (Å²) in [5, 5.41) is 13.1. The van der Waals surface area contributed by atoms with E-state index in [0.717, 1.165) is 11.0 Å². The summed E-state index contributed by atoms with van der Waals surface area (Å²) < 4.78 is 1.09. The zero-order valence-corrected chi connectivity index (χ0v) is 11.7. The molecule has 2 N–H and O–H groups in total. The first-order valence-electron chi connectivity index (χ1n) is 5.53. The Labute approximate surface area is 106 Å². The van der Waals surface area contributed by atoms with E-state index in [9.17, 15) is 5.11 Å². The number of hydrogen-bond donors (Lipinski definition) is 2. The largest absolute Gasteiger partial charge is 0.391 e. The fourth-order valence-electron chi connectivity index (χ4n) is 1.31. The van der Waals surface area contributed by atoms with Crippen molar-refractivity contribution in [2.45, 2.75) is 33.4 Å². The quantitative estimate of drug-likeness (QED) is 0.892. The first kappa shape index (κ1) is 13.7. The van der Waals surface area contributed by atoms with E-state index in [2.05, 4.69) is 33.4 Å². The minimum absolute atomic E-state index is 0.0652. The third-order valence-electron chi connectivity index (χ3n) is 2.56. The fourth-order valence-corrected chi connectivity index (χ4v) is 1.75. The smallest absolute Gasteiger partial charge is 0.0712 e. The summed E-state index contributed by atoms with van der Waals surface area (Å²) in [7, 11) is 0. The second kappa shape index (κ2) is 5.80. The van der Waals surface area contributed by atoms with Gasteiger partial charge in [-0.3, -0.25) is 0 Å². The Balaban J connectivity index is 2.36. The van der Waals surface area contributed by atoms with Crippen LogP contribution >= 0.6 is 15.9 Å². The molecule has 0 aliphatic rings. The Bertz CT molecular complexity index is 333.